The van der Waals surface area contributed by atoms with Crippen LogP contribution in [0, 0.1) is 6.92 Å². The maximum absolute atomic E-state index is 13.0. The third-order valence-corrected chi connectivity index (χ3v) is 7.36. The van der Waals surface area contributed by atoms with E-state index in [2.05, 4.69) is 12.1 Å². The van der Waals surface area contributed by atoms with Gasteiger partial charge in [0, 0.05) is 40.1 Å². The number of aryl methyl sites for hydroxylation is 1. The Hall–Kier alpha value is -2.92. The van der Waals surface area contributed by atoms with Crippen LogP contribution in [0.1, 0.15) is 42.6 Å². The van der Waals surface area contributed by atoms with E-state index in [1.165, 1.54) is 0 Å². The lowest BCUT2D eigenvalue weighted by molar-refractivity contribution is -0.132. The summed E-state index contributed by atoms with van der Waals surface area (Å²) in [4.78, 5) is 17.8. The SMILES string of the molecule is CCC(=O)N1N=C(c2c(C)nc3cc(Cl)ccc3c2-c2ccccc2)C[C@H]1c1cccc(Cl)c1Cl. The van der Waals surface area contributed by atoms with Gasteiger partial charge in [0.25, 0.3) is 0 Å². The molecule has 0 N–H and O–H groups in total. The van der Waals surface area contributed by atoms with E-state index in [0.29, 0.717) is 27.9 Å². The van der Waals surface area contributed by atoms with E-state index in [4.69, 9.17) is 44.9 Å². The third kappa shape index (κ3) is 4.31. The van der Waals surface area contributed by atoms with Crippen molar-refractivity contribution in [2.24, 2.45) is 5.10 Å². The number of benzene rings is 3. The second-order valence-corrected chi connectivity index (χ2v) is 9.70. The van der Waals surface area contributed by atoms with Crippen LogP contribution in [-0.2, 0) is 4.79 Å². The minimum Gasteiger partial charge on any atom is -0.273 e. The van der Waals surface area contributed by atoms with E-state index < -0.39 is 0 Å². The Morgan fingerprint density at radius 2 is 1.77 bits per heavy atom. The first-order valence-corrected chi connectivity index (χ1v) is 12.5. The quantitative estimate of drug-likeness (QED) is 0.271. The highest BCUT2D eigenvalue weighted by Crippen LogP contribution is 2.42. The van der Waals surface area contributed by atoms with Gasteiger partial charge in [-0.3, -0.25) is 9.78 Å². The molecule has 0 spiro atoms. The number of aromatic nitrogens is 1. The first-order chi connectivity index (χ1) is 16.9. The van der Waals surface area contributed by atoms with Gasteiger partial charge in [-0.25, -0.2) is 5.01 Å². The predicted molar refractivity (Wildman–Crippen MR) is 144 cm³/mol. The highest BCUT2D eigenvalue weighted by atomic mass is 35.5. The lowest BCUT2D eigenvalue weighted by Gasteiger charge is -2.22. The molecule has 1 aliphatic rings. The minimum atomic E-state index is -0.354. The molecule has 0 radical (unpaired) electrons. The Morgan fingerprint density at radius 1 is 1.00 bits per heavy atom. The minimum absolute atomic E-state index is 0.0829. The number of amides is 1. The first kappa shape index (κ1) is 23.8. The average molecular weight is 523 g/mol. The Kier molecular flexibility index (Phi) is 6.54. The molecular weight excluding hydrogens is 501 g/mol. The Bertz CT molecular complexity index is 1480. The molecule has 4 nitrogen and oxygen atoms in total. The van der Waals surface area contributed by atoms with Crippen molar-refractivity contribution in [2.45, 2.75) is 32.7 Å². The molecule has 0 unspecified atom stereocenters. The number of halogens is 3. The summed E-state index contributed by atoms with van der Waals surface area (Å²) in [5.41, 5.74) is 6.17. The van der Waals surface area contributed by atoms with Crippen molar-refractivity contribution < 1.29 is 4.79 Å². The molecule has 176 valence electrons. The van der Waals surface area contributed by atoms with Crippen molar-refractivity contribution in [3.63, 3.8) is 0 Å². The van der Waals surface area contributed by atoms with Gasteiger partial charge in [0.1, 0.15) is 0 Å². The van der Waals surface area contributed by atoms with Crippen LogP contribution in [0.4, 0.5) is 0 Å². The van der Waals surface area contributed by atoms with Crippen molar-refractivity contribution in [2.75, 3.05) is 0 Å². The topological polar surface area (TPSA) is 45.6 Å². The van der Waals surface area contributed by atoms with Crippen molar-refractivity contribution in [3.8, 4) is 11.1 Å². The maximum atomic E-state index is 13.0. The molecule has 35 heavy (non-hydrogen) atoms. The fourth-order valence-corrected chi connectivity index (χ4v) is 5.29. The second kappa shape index (κ2) is 9.62. The van der Waals surface area contributed by atoms with Crippen LogP contribution in [0.15, 0.2) is 71.8 Å². The molecule has 0 fully saturated rings. The summed E-state index contributed by atoms with van der Waals surface area (Å²) in [6, 6.07) is 21.0. The number of rotatable bonds is 4. The van der Waals surface area contributed by atoms with Crippen molar-refractivity contribution in [1.29, 1.82) is 0 Å². The molecular formula is C28H22Cl3N3O. The zero-order chi connectivity index (χ0) is 24.7. The van der Waals surface area contributed by atoms with E-state index in [0.717, 1.165) is 44.6 Å². The number of nitrogens with zero attached hydrogens (tertiary/aromatic N) is 3. The highest BCUT2D eigenvalue weighted by molar-refractivity contribution is 6.42. The largest absolute Gasteiger partial charge is 0.273 e. The molecule has 1 amide bonds. The van der Waals surface area contributed by atoms with Crippen LogP contribution >= 0.6 is 34.8 Å². The fraction of sp³-hybridized carbons (Fsp3) is 0.179. The van der Waals surface area contributed by atoms with Gasteiger partial charge < -0.3 is 0 Å². The van der Waals surface area contributed by atoms with E-state index in [1.807, 2.05) is 62.4 Å². The lowest BCUT2D eigenvalue weighted by Crippen LogP contribution is -2.26. The molecule has 1 aliphatic heterocycles. The highest BCUT2D eigenvalue weighted by Gasteiger charge is 2.35. The smallest absolute Gasteiger partial charge is 0.242 e. The molecule has 5 rings (SSSR count). The van der Waals surface area contributed by atoms with E-state index >= 15 is 0 Å². The molecule has 4 aromatic rings. The Balaban J connectivity index is 1.74. The molecule has 0 aliphatic carbocycles. The summed E-state index contributed by atoms with van der Waals surface area (Å²) in [6.45, 7) is 3.80. The summed E-state index contributed by atoms with van der Waals surface area (Å²) < 4.78 is 0. The number of hydrogen-bond acceptors (Lipinski definition) is 3. The van der Waals surface area contributed by atoms with E-state index in [9.17, 15) is 4.79 Å². The van der Waals surface area contributed by atoms with Gasteiger partial charge in [-0.2, -0.15) is 5.10 Å². The van der Waals surface area contributed by atoms with Crippen LogP contribution in [0.25, 0.3) is 22.0 Å². The van der Waals surface area contributed by atoms with Gasteiger partial charge in [0.15, 0.2) is 0 Å². The standard InChI is InChI=1S/C28H22Cl3N3O/c1-3-25(35)34-24(20-10-7-11-21(30)28(20)31)15-23(33-34)26-16(2)32-22-14-18(29)12-13-19(22)27(26)17-8-5-4-6-9-17/h4-14,24H,3,15H2,1-2H3/t24-/m0/s1. The number of hydrogen-bond donors (Lipinski definition) is 0. The Labute approximate surface area is 219 Å². The molecule has 1 atom stereocenters. The number of fused-ring (bicyclic) bond motifs is 1. The predicted octanol–water partition coefficient (Wildman–Crippen LogP) is 8.26. The molecule has 1 aromatic heterocycles. The summed E-state index contributed by atoms with van der Waals surface area (Å²) >= 11 is 19.2. The molecule has 3 aromatic carbocycles. The average Bonchev–Trinajstić information content (AvgIpc) is 3.29. The number of carbonyl (C=O) groups excluding carboxylic acids is 1. The number of hydrazone groups is 1. The molecule has 0 bridgehead atoms. The summed E-state index contributed by atoms with van der Waals surface area (Å²) in [5.74, 6) is -0.0829. The first-order valence-electron chi connectivity index (χ1n) is 11.4. The van der Waals surface area contributed by atoms with Crippen LogP contribution in [-0.4, -0.2) is 21.6 Å². The van der Waals surface area contributed by atoms with Crippen LogP contribution < -0.4 is 0 Å². The Morgan fingerprint density at radius 3 is 2.51 bits per heavy atom. The van der Waals surface area contributed by atoms with E-state index in [1.54, 1.807) is 11.1 Å². The second-order valence-electron chi connectivity index (χ2n) is 8.48. The maximum Gasteiger partial charge on any atom is 0.242 e. The molecule has 0 saturated carbocycles. The number of pyridine rings is 1. The van der Waals surface area contributed by atoms with Crippen molar-refractivity contribution in [1.82, 2.24) is 9.99 Å². The van der Waals surface area contributed by atoms with Crippen molar-refractivity contribution in [3.05, 3.63) is 98.6 Å². The summed E-state index contributed by atoms with van der Waals surface area (Å²) in [7, 11) is 0. The monoisotopic (exact) mass is 521 g/mol. The molecule has 7 heteroatoms. The third-order valence-electron chi connectivity index (χ3n) is 6.29. The zero-order valence-electron chi connectivity index (χ0n) is 19.2. The molecule has 0 saturated heterocycles. The normalized spacial score (nSPS) is 15.5. The number of carbonyl (C=O) groups is 1. The van der Waals surface area contributed by atoms with Gasteiger partial charge in [-0.15, -0.1) is 0 Å². The molecule has 2 heterocycles. The van der Waals surface area contributed by atoms with Crippen LogP contribution in [0.5, 0.6) is 0 Å². The van der Waals surface area contributed by atoms with Gasteiger partial charge in [-0.05, 0) is 36.2 Å². The van der Waals surface area contributed by atoms with Crippen molar-refractivity contribution >= 4 is 57.3 Å². The summed E-state index contributed by atoms with van der Waals surface area (Å²) in [5, 5.41) is 8.90. The lowest BCUT2D eigenvalue weighted by atomic mass is 9.89. The zero-order valence-corrected chi connectivity index (χ0v) is 21.5. The van der Waals surface area contributed by atoms with Gasteiger partial charge in [-0.1, -0.05) is 90.3 Å². The van der Waals surface area contributed by atoms with Crippen LogP contribution in [0.3, 0.4) is 0 Å². The van der Waals surface area contributed by atoms with E-state index in [-0.39, 0.29) is 11.9 Å². The van der Waals surface area contributed by atoms with Gasteiger partial charge >= 0.3 is 0 Å². The van der Waals surface area contributed by atoms with Gasteiger partial charge in [0.05, 0.1) is 27.3 Å². The summed E-state index contributed by atoms with van der Waals surface area (Å²) in [6.07, 6.45) is 0.817. The van der Waals surface area contributed by atoms with Crippen LogP contribution in [0.2, 0.25) is 15.1 Å². The fourth-order valence-electron chi connectivity index (χ4n) is 4.69. The van der Waals surface area contributed by atoms with Gasteiger partial charge in [0.2, 0.25) is 5.91 Å².